The molecule has 0 aliphatic carbocycles. The maximum absolute atomic E-state index is 12.0. The van der Waals surface area contributed by atoms with Crippen molar-refractivity contribution < 1.29 is 19.2 Å². The molecule has 0 atom stereocenters. The molecule has 144 valence electrons. The van der Waals surface area contributed by atoms with Gasteiger partial charge in [0.15, 0.2) is 0 Å². The zero-order chi connectivity index (χ0) is 19.2. The van der Waals surface area contributed by atoms with Gasteiger partial charge in [-0.25, -0.2) is 9.78 Å². The zero-order valence-corrected chi connectivity index (χ0v) is 15.6. The van der Waals surface area contributed by atoms with Gasteiger partial charge >= 0.3 is 11.8 Å². The van der Waals surface area contributed by atoms with E-state index in [1.165, 1.54) is 18.3 Å². The third-order valence-electron chi connectivity index (χ3n) is 4.21. The second kappa shape index (κ2) is 8.82. The molecule has 1 amide bonds. The molecule has 1 aliphatic heterocycles. The summed E-state index contributed by atoms with van der Waals surface area (Å²) in [5, 5.41) is 10.9. The maximum Gasteiger partial charge on any atom is 0.410 e. The molecule has 0 N–H and O–H groups in total. The monoisotopic (exact) mass is 365 g/mol. The highest BCUT2D eigenvalue weighted by atomic mass is 16.6. The summed E-state index contributed by atoms with van der Waals surface area (Å²) in [5.41, 5.74) is -0.586. The van der Waals surface area contributed by atoms with Gasteiger partial charge in [0.25, 0.3) is 5.88 Å². The summed E-state index contributed by atoms with van der Waals surface area (Å²) in [5.74, 6) is 0.591. The molecule has 0 unspecified atom stereocenters. The van der Waals surface area contributed by atoms with Gasteiger partial charge in [-0.05, 0) is 58.4 Å². The number of hydrogen-bond donors (Lipinski definition) is 0. The number of pyridine rings is 1. The Bertz CT molecular complexity index is 621. The largest absolute Gasteiger partial charge is 0.473 e. The molecule has 0 saturated carbocycles. The number of rotatable bonds is 6. The molecule has 1 aromatic heterocycles. The van der Waals surface area contributed by atoms with Crippen molar-refractivity contribution in [2.24, 2.45) is 5.92 Å². The van der Waals surface area contributed by atoms with Crippen LogP contribution in [0.1, 0.15) is 46.5 Å². The summed E-state index contributed by atoms with van der Waals surface area (Å²) in [6.07, 6.45) is 4.86. The number of amides is 1. The Morgan fingerprint density at radius 2 is 2.08 bits per heavy atom. The molecule has 0 bridgehead atoms. The van der Waals surface area contributed by atoms with Gasteiger partial charge < -0.3 is 14.4 Å². The van der Waals surface area contributed by atoms with Gasteiger partial charge in [-0.3, -0.25) is 10.1 Å². The molecule has 1 aliphatic rings. The third kappa shape index (κ3) is 6.16. The van der Waals surface area contributed by atoms with Crippen molar-refractivity contribution in [2.45, 2.75) is 52.1 Å². The minimum absolute atomic E-state index is 0.0669. The van der Waals surface area contributed by atoms with Crippen LogP contribution in [0.25, 0.3) is 0 Å². The summed E-state index contributed by atoms with van der Waals surface area (Å²) in [4.78, 5) is 28.2. The minimum atomic E-state index is -0.491. The first-order chi connectivity index (χ1) is 12.3. The molecule has 8 heteroatoms. The van der Waals surface area contributed by atoms with Gasteiger partial charge in [0.2, 0.25) is 0 Å². The lowest BCUT2D eigenvalue weighted by atomic mass is 9.92. The zero-order valence-electron chi connectivity index (χ0n) is 15.6. The van der Waals surface area contributed by atoms with Crippen LogP contribution in [0.2, 0.25) is 0 Å². The fourth-order valence-corrected chi connectivity index (χ4v) is 2.90. The van der Waals surface area contributed by atoms with E-state index in [-0.39, 0.29) is 17.7 Å². The van der Waals surface area contributed by atoms with Crippen LogP contribution in [0.5, 0.6) is 5.88 Å². The van der Waals surface area contributed by atoms with E-state index in [9.17, 15) is 14.9 Å². The average Bonchev–Trinajstić information content (AvgIpc) is 2.58. The Morgan fingerprint density at radius 1 is 1.38 bits per heavy atom. The molecule has 0 radical (unpaired) electrons. The lowest BCUT2D eigenvalue weighted by Gasteiger charge is -2.33. The highest BCUT2D eigenvalue weighted by Gasteiger charge is 2.26. The number of aromatic nitrogens is 1. The average molecular weight is 365 g/mol. The molecule has 2 heterocycles. The van der Waals surface area contributed by atoms with Gasteiger partial charge in [-0.1, -0.05) is 0 Å². The number of nitro groups is 1. The van der Waals surface area contributed by atoms with Crippen LogP contribution >= 0.6 is 0 Å². The number of ether oxygens (including phenoxy) is 2. The second-order valence-corrected chi connectivity index (χ2v) is 7.49. The Morgan fingerprint density at radius 3 is 2.69 bits per heavy atom. The Hall–Kier alpha value is -2.38. The van der Waals surface area contributed by atoms with E-state index in [2.05, 4.69) is 4.98 Å². The normalized spacial score (nSPS) is 15.6. The molecular formula is C18H27N3O5. The molecule has 1 fully saturated rings. The van der Waals surface area contributed by atoms with E-state index in [0.29, 0.717) is 25.6 Å². The summed E-state index contributed by atoms with van der Waals surface area (Å²) in [6, 6.07) is 2.90. The highest BCUT2D eigenvalue weighted by molar-refractivity contribution is 5.68. The van der Waals surface area contributed by atoms with Crippen molar-refractivity contribution in [3.8, 4) is 5.88 Å². The Kier molecular flexibility index (Phi) is 6.76. The van der Waals surface area contributed by atoms with Gasteiger partial charge in [0.05, 0.1) is 11.5 Å². The highest BCUT2D eigenvalue weighted by Crippen LogP contribution is 2.25. The van der Waals surface area contributed by atoms with Crippen molar-refractivity contribution in [1.82, 2.24) is 9.88 Å². The van der Waals surface area contributed by atoms with E-state index in [1.54, 1.807) is 4.90 Å². The van der Waals surface area contributed by atoms with E-state index >= 15 is 0 Å². The first-order valence-electron chi connectivity index (χ1n) is 8.96. The van der Waals surface area contributed by atoms with Gasteiger partial charge in [-0.2, -0.15) is 0 Å². The smallest absolute Gasteiger partial charge is 0.410 e. The molecule has 8 nitrogen and oxygen atoms in total. The third-order valence-corrected chi connectivity index (χ3v) is 4.21. The standard InChI is InChI=1S/C18H27N3O5/c1-18(2,3)26-17(22)20-11-8-14(9-12-20)6-5-13-25-16-15(21(23)24)7-4-10-19-16/h4,7,10,14H,5-6,8-9,11-13H2,1-3H3. The number of likely N-dealkylation sites (tertiary alicyclic amines) is 1. The summed E-state index contributed by atoms with van der Waals surface area (Å²) < 4.78 is 10.9. The van der Waals surface area contributed by atoms with Gasteiger partial charge in [0, 0.05) is 25.4 Å². The van der Waals surface area contributed by atoms with Crippen molar-refractivity contribution in [3.63, 3.8) is 0 Å². The van der Waals surface area contributed by atoms with Gasteiger partial charge in [-0.15, -0.1) is 0 Å². The second-order valence-electron chi connectivity index (χ2n) is 7.49. The Labute approximate surface area is 153 Å². The van der Waals surface area contributed by atoms with Crippen LogP contribution in [0.4, 0.5) is 10.5 Å². The summed E-state index contributed by atoms with van der Waals surface area (Å²) >= 11 is 0. The fourth-order valence-electron chi connectivity index (χ4n) is 2.90. The van der Waals surface area contributed by atoms with Crippen LogP contribution in [0.15, 0.2) is 18.3 Å². The SMILES string of the molecule is CC(C)(C)OC(=O)N1CCC(CCCOc2ncccc2[N+](=O)[O-])CC1. The molecule has 0 aromatic carbocycles. The topological polar surface area (TPSA) is 94.8 Å². The first kappa shape index (κ1) is 19.9. The quantitative estimate of drug-likeness (QED) is 0.432. The number of nitrogens with zero attached hydrogens (tertiary/aromatic N) is 3. The van der Waals surface area contributed by atoms with E-state index in [1.807, 2.05) is 20.8 Å². The van der Waals surface area contributed by atoms with Crippen molar-refractivity contribution in [1.29, 1.82) is 0 Å². The summed E-state index contributed by atoms with van der Waals surface area (Å²) in [7, 11) is 0. The fraction of sp³-hybridized carbons (Fsp3) is 0.667. The van der Waals surface area contributed by atoms with E-state index in [0.717, 1.165) is 25.7 Å². The maximum atomic E-state index is 12.0. The van der Waals surface area contributed by atoms with Crippen molar-refractivity contribution in [3.05, 3.63) is 28.4 Å². The lowest BCUT2D eigenvalue weighted by molar-refractivity contribution is -0.386. The number of carbonyl (C=O) groups is 1. The van der Waals surface area contributed by atoms with E-state index < -0.39 is 10.5 Å². The van der Waals surface area contributed by atoms with Crippen LogP contribution in [0.3, 0.4) is 0 Å². The minimum Gasteiger partial charge on any atom is -0.473 e. The molecule has 26 heavy (non-hydrogen) atoms. The molecule has 1 saturated heterocycles. The van der Waals surface area contributed by atoms with Gasteiger partial charge in [0.1, 0.15) is 5.60 Å². The predicted octanol–water partition coefficient (Wildman–Crippen LogP) is 3.80. The number of hydrogen-bond acceptors (Lipinski definition) is 6. The molecule has 0 spiro atoms. The predicted molar refractivity (Wildman–Crippen MR) is 96.2 cm³/mol. The van der Waals surface area contributed by atoms with Crippen LogP contribution in [0, 0.1) is 16.0 Å². The van der Waals surface area contributed by atoms with E-state index in [4.69, 9.17) is 9.47 Å². The van der Waals surface area contributed by atoms with Crippen LogP contribution in [-0.2, 0) is 4.74 Å². The molecule has 2 rings (SSSR count). The van der Waals surface area contributed by atoms with Crippen molar-refractivity contribution in [2.75, 3.05) is 19.7 Å². The summed E-state index contributed by atoms with van der Waals surface area (Å²) in [6.45, 7) is 7.39. The lowest BCUT2D eigenvalue weighted by Crippen LogP contribution is -2.41. The molecule has 1 aromatic rings. The first-order valence-corrected chi connectivity index (χ1v) is 8.96. The van der Waals surface area contributed by atoms with Crippen LogP contribution < -0.4 is 4.74 Å². The Balaban J connectivity index is 1.68. The number of piperidine rings is 1. The number of carbonyl (C=O) groups excluding carboxylic acids is 1. The van der Waals surface area contributed by atoms with Crippen LogP contribution in [-0.4, -0.2) is 46.2 Å². The molecular weight excluding hydrogens is 338 g/mol. The van der Waals surface area contributed by atoms with Crippen molar-refractivity contribution >= 4 is 11.8 Å².